The predicted molar refractivity (Wildman–Crippen MR) is 82.6 cm³/mol. The molecule has 2 nitrogen and oxygen atoms in total. The van der Waals surface area contributed by atoms with Crippen LogP contribution in [0.4, 0.5) is 0 Å². The van der Waals surface area contributed by atoms with Crippen molar-refractivity contribution >= 4 is 19.1 Å². The molecule has 0 heterocycles. The van der Waals surface area contributed by atoms with Crippen LogP contribution >= 0.6 is 8.38 Å². The van der Waals surface area contributed by atoms with Gasteiger partial charge in [0.2, 0.25) is 0 Å². The molecule has 2 aromatic carbocycles. The molecule has 0 aliphatic heterocycles. The normalized spacial score (nSPS) is 11.4. The van der Waals surface area contributed by atoms with E-state index in [4.69, 9.17) is 9.05 Å². The number of rotatable bonds is 6. The van der Waals surface area contributed by atoms with Gasteiger partial charge in [0, 0.05) is 6.16 Å². The first-order valence-corrected chi connectivity index (χ1v) is 8.12. The lowest BCUT2D eigenvalue weighted by atomic mass is 10.1. The van der Waals surface area contributed by atoms with E-state index in [0.717, 1.165) is 6.16 Å². The van der Waals surface area contributed by atoms with E-state index in [1.165, 1.54) is 21.9 Å². The molecule has 2 rings (SSSR count). The van der Waals surface area contributed by atoms with Gasteiger partial charge in [-0.05, 0) is 37.1 Å². The summed E-state index contributed by atoms with van der Waals surface area (Å²) in [5, 5.41) is 2.58. The summed E-state index contributed by atoms with van der Waals surface area (Å²) in [6.07, 6.45) is 0.862. The van der Waals surface area contributed by atoms with Crippen LogP contribution in [0.2, 0.25) is 0 Å². The average Bonchev–Trinajstić information content (AvgIpc) is 2.39. The monoisotopic (exact) mass is 276 g/mol. The van der Waals surface area contributed by atoms with Gasteiger partial charge in [0.05, 0.1) is 13.2 Å². The third kappa shape index (κ3) is 4.01. The van der Waals surface area contributed by atoms with Crippen LogP contribution in [-0.2, 0) is 15.2 Å². The van der Waals surface area contributed by atoms with Gasteiger partial charge in [-0.3, -0.25) is 0 Å². The molecule has 0 aromatic heterocycles. The van der Waals surface area contributed by atoms with E-state index in [0.29, 0.717) is 13.2 Å². The van der Waals surface area contributed by atoms with Gasteiger partial charge >= 0.3 is 0 Å². The minimum atomic E-state index is -0.799. The second-order valence-corrected chi connectivity index (χ2v) is 6.01. The highest BCUT2D eigenvalue weighted by atomic mass is 31.2. The van der Waals surface area contributed by atoms with Gasteiger partial charge in [-0.25, -0.2) is 0 Å². The van der Waals surface area contributed by atoms with E-state index in [9.17, 15) is 0 Å². The van der Waals surface area contributed by atoms with E-state index < -0.39 is 8.38 Å². The van der Waals surface area contributed by atoms with Crippen molar-refractivity contribution in [2.45, 2.75) is 26.9 Å². The Morgan fingerprint density at radius 1 is 0.895 bits per heavy atom. The molecule has 0 aliphatic rings. The fourth-order valence-electron chi connectivity index (χ4n) is 2.08. The molecule has 0 bridgehead atoms. The van der Waals surface area contributed by atoms with E-state index in [2.05, 4.69) is 43.3 Å². The highest BCUT2D eigenvalue weighted by Gasteiger charge is 2.10. The van der Waals surface area contributed by atoms with Crippen molar-refractivity contribution in [2.75, 3.05) is 13.2 Å². The van der Waals surface area contributed by atoms with Gasteiger partial charge in [-0.1, -0.05) is 42.0 Å². The van der Waals surface area contributed by atoms with E-state index in [-0.39, 0.29) is 0 Å². The van der Waals surface area contributed by atoms with E-state index in [1.54, 1.807) is 0 Å². The number of aryl methyl sites for hydroxylation is 1. The summed E-state index contributed by atoms with van der Waals surface area (Å²) in [4.78, 5) is 0. The number of hydrogen-bond donors (Lipinski definition) is 0. The maximum Gasteiger partial charge on any atom is 0.175 e. The average molecular weight is 276 g/mol. The highest BCUT2D eigenvalue weighted by molar-refractivity contribution is 7.46. The van der Waals surface area contributed by atoms with Gasteiger partial charge in [0.15, 0.2) is 8.38 Å². The molecule has 0 aliphatic carbocycles. The predicted octanol–water partition coefficient (Wildman–Crippen LogP) is 5.03. The van der Waals surface area contributed by atoms with Crippen LogP contribution in [0.1, 0.15) is 25.0 Å². The molecule has 2 aromatic rings. The Morgan fingerprint density at radius 2 is 1.53 bits per heavy atom. The minimum Gasteiger partial charge on any atom is -0.334 e. The zero-order chi connectivity index (χ0) is 13.7. The zero-order valence-corrected chi connectivity index (χ0v) is 12.7. The summed E-state index contributed by atoms with van der Waals surface area (Å²) in [5.74, 6) is 0. The molecule has 0 N–H and O–H groups in total. The molecular formula is C16H21O2P. The van der Waals surface area contributed by atoms with Gasteiger partial charge in [0.25, 0.3) is 0 Å². The molecule has 0 saturated carbocycles. The summed E-state index contributed by atoms with van der Waals surface area (Å²) >= 11 is 0. The molecule has 19 heavy (non-hydrogen) atoms. The van der Waals surface area contributed by atoms with E-state index in [1.807, 2.05) is 13.8 Å². The Balaban J connectivity index is 2.18. The number of benzene rings is 2. The second-order valence-electron chi connectivity index (χ2n) is 4.51. The molecule has 102 valence electrons. The summed E-state index contributed by atoms with van der Waals surface area (Å²) < 4.78 is 11.3. The quantitative estimate of drug-likeness (QED) is 0.689. The van der Waals surface area contributed by atoms with Crippen molar-refractivity contribution in [3.63, 3.8) is 0 Å². The molecule has 0 atom stereocenters. The lowest BCUT2D eigenvalue weighted by Gasteiger charge is -2.16. The lowest BCUT2D eigenvalue weighted by molar-refractivity contribution is 0.268. The Bertz CT molecular complexity index is 533. The van der Waals surface area contributed by atoms with Crippen molar-refractivity contribution in [3.8, 4) is 0 Å². The minimum absolute atomic E-state index is 0.707. The molecule has 0 fully saturated rings. The van der Waals surface area contributed by atoms with Gasteiger partial charge in [-0.15, -0.1) is 0 Å². The SMILES string of the molecule is CCOP(Cc1ccc2cc(C)ccc2c1)OCC. The second kappa shape index (κ2) is 7.00. The van der Waals surface area contributed by atoms with Crippen LogP contribution in [0, 0.1) is 6.92 Å². The van der Waals surface area contributed by atoms with Crippen LogP contribution in [0.3, 0.4) is 0 Å². The van der Waals surface area contributed by atoms with Crippen LogP contribution in [0.15, 0.2) is 36.4 Å². The maximum atomic E-state index is 5.66. The summed E-state index contributed by atoms with van der Waals surface area (Å²) in [6.45, 7) is 7.56. The molecule has 0 spiro atoms. The fourth-order valence-corrected chi connectivity index (χ4v) is 3.41. The Morgan fingerprint density at radius 3 is 2.21 bits per heavy atom. The third-order valence-corrected chi connectivity index (χ3v) is 4.63. The first kappa shape index (κ1) is 14.5. The lowest BCUT2D eigenvalue weighted by Crippen LogP contribution is -1.94. The third-order valence-electron chi connectivity index (χ3n) is 2.92. The highest BCUT2D eigenvalue weighted by Crippen LogP contribution is 2.42. The van der Waals surface area contributed by atoms with Gasteiger partial charge in [0.1, 0.15) is 0 Å². The summed E-state index contributed by atoms with van der Waals surface area (Å²) in [5.41, 5.74) is 2.58. The van der Waals surface area contributed by atoms with Crippen LogP contribution < -0.4 is 0 Å². The standard InChI is InChI=1S/C16H21O2P/c1-4-17-19(18-5-2)12-14-7-9-15-10-13(3)6-8-16(15)11-14/h6-11H,4-5,12H2,1-3H3. The molecular weight excluding hydrogens is 255 g/mol. The molecule has 0 saturated heterocycles. The fraction of sp³-hybridized carbons (Fsp3) is 0.375. The molecule has 3 heteroatoms. The largest absolute Gasteiger partial charge is 0.334 e. The maximum absolute atomic E-state index is 5.66. The van der Waals surface area contributed by atoms with Crippen molar-refractivity contribution in [1.82, 2.24) is 0 Å². The van der Waals surface area contributed by atoms with Crippen LogP contribution in [0.5, 0.6) is 0 Å². The van der Waals surface area contributed by atoms with Crippen molar-refractivity contribution in [3.05, 3.63) is 47.5 Å². The Hall–Kier alpha value is -0.950. The van der Waals surface area contributed by atoms with Crippen molar-refractivity contribution in [2.24, 2.45) is 0 Å². The van der Waals surface area contributed by atoms with Gasteiger partial charge < -0.3 is 9.05 Å². The van der Waals surface area contributed by atoms with Gasteiger partial charge in [-0.2, -0.15) is 0 Å². The summed E-state index contributed by atoms with van der Waals surface area (Å²) in [6, 6.07) is 13.1. The van der Waals surface area contributed by atoms with Crippen LogP contribution in [-0.4, -0.2) is 13.2 Å². The van der Waals surface area contributed by atoms with Crippen LogP contribution in [0.25, 0.3) is 10.8 Å². The number of fused-ring (bicyclic) bond motifs is 1. The Labute approximate surface area is 116 Å². The van der Waals surface area contributed by atoms with E-state index >= 15 is 0 Å². The van der Waals surface area contributed by atoms with Crippen molar-refractivity contribution in [1.29, 1.82) is 0 Å². The number of hydrogen-bond acceptors (Lipinski definition) is 2. The molecule has 0 amide bonds. The Kier molecular flexibility index (Phi) is 5.33. The first-order valence-electron chi connectivity index (χ1n) is 6.75. The summed E-state index contributed by atoms with van der Waals surface area (Å²) in [7, 11) is -0.799. The zero-order valence-electron chi connectivity index (χ0n) is 11.8. The first-order chi connectivity index (χ1) is 9.22. The smallest absolute Gasteiger partial charge is 0.175 e. The van der Waals surface area contributed by atoms with Crippen molar-refractivity contribution < 1.29 is 9.05 Å². The topological polar surface area (TPSA) is 18.5 Å². The molecule has 0 unspecified atom stereocenters. The molecule has 0 radical (unpaired) electrons.